The second-order valence-corrected chi connectivity index (χ2v) is 10.4. The Morgan fingerprint density at radius 3 is 2.26 bits per heavy atom. The lowest BCUT2D eigenvalue weighted by atomic mass is 9.85. The topological polar surface area (TPSA) is 106 Å². The number of ketones is 1. The summed E-state index contributed by atoms with van der Waals surface area (Å²) < 4.78 is 5.53. The van der Waals surface area contributed by atoms with Crippen molar-refractivity contribution in [1.29, 1.82) is 0 Å². The molecule has 10 heteroatoms. The Morgan fingerprint density at radius 1 is 0.949 bits per heavy atom. The highest BCUT2D eigenvalue weighted by Gasteiger charge is 2.35. The molecule has 2 aliphatic rings. The van der Waals surface area contributed by atoms with E-state index in [0.717, 1.165) is 18.7 Å². The van der Waals surface area contributed by atoms with Crippen LogP contribution in [0, 0.1) is 0 Å². The van der Waals surface area contributed by atoms with Gasteiger partial charge in [0, 0.05) is 68.9 Å². The molecule has 0 aliphatic carbocycles. The molecular weight excluding hydrogens is 520 g/mol. The molecule has 0 saturated carbocycles. The average molecular weight is 555 g/mol. The number of methoxy groups -OCH3 is 1. The van der Waals surface area contributed by atoms with E-state index in [1.807, 2.05) is 37.4 Å². The van der Waals surface area contributed by atoms with Gasteiger partial charge in [-0.15, -0.1) is 12.4 Å². The van der Waals surface area contributed by atoms with Gasteiger partial charge in [-0.3, -0.25) is 14.4 Å². The number of hydrogen-bond acceptors (Lipinski definition) is 6. The van der Waals surface area contributed by atoms with Gasteiger partial charge in [-0.1, -0.05) is 30.3 Å². The summed E-state index contributed by atoms with van der Waals surface area (Å²) in [6.45, 7) is 3.27. The molecule has 2 N–H and O–H groups in total. The number of hydrogen-bond donors (Lipinski definition) is 2. The fourth-order valence-electron chi connectivity index (χ4n) is 5.39. The van der Waals surface area contributed by atoms with E-state index in [-0.39, 0.29) is 23.9 Å². The number of amides is 2. The van der Waals surface area contributed by atoms with E-state index in [4.69, 9.17) is 4.74 Å². The highest BCUT2D eigenvalue weighted by molar-refractivity contribution is 6.45. The number of fused-ring (bicyclic) bond motifs is 1. The van der Waals surface area contributed by atoms with Crippen molar-refractivity contribution in [3.63, 3.8) is 0 Å². The molecule has 2 saturated heterocycles. The van der Waals surface area contributed by atoms with Crippen LogP contribution in [0.5, 0.6) is 5.75 Å². The quantitative estimate of drug-likeness (QED) is 0.358. The summed E-state index contributed by atoms with van der Waals surface area (Å²) in [5.74, 6) is -0.959. The van der Waals surface area contributed by atoms with Crippen LogP contribution in [0.1, 0.15) is 39.1 Å². The molecule has 2 aliphatic heterocycles. The number of aromatic nitrogens is 1. The summed E-state index contributed by atoms with van der Waals surface area (Å²) in [5.41, 5.74) is 1.39. The Morgan fingerprint density at radius 2 is 1.62 bits per heavy atom. The number of carbonyl (C=O) groups excluding carboxylic acids is 3. The van der Waals surface area contributed by atoms with Crippen molar-refractivity contribution in [2.45, 2.75) is 24.9 Å². The van der Waals surface area contributed by atoms with Crippen molar-refractivity contribution in [2.75, 3.05) is 53.4 Å². The predicted octanol–water partition coefficient (Wildman–Crippen LogP) is 2.76. The van der Waals surface area contributed by atoms with Gasteiger partial charge in [0.25, 0.3) is 17.6 Å². The normalized spacial score (nSPS) is 17.5. The molecular formula is C29H35ClN4O5. The molecule has 0 bridgehead atoms. The number of H-pyrrole nitrogens is 1. The van der Waals surface area contributed by atoms with E-state index in [9.17, 15) is 19.5 Å². The van der Waals surface area contributed by atoms with Crippen molar-refractivity contribution in [2.24, 2.45) is 0 Å². The van der Waals surface area contributed by atoms with Crippen molar-refractivity contribution >= 4 is 40.9 Å². The maximum Gasteiger partial charge on any atom is 0.295 e. The van der Waals surface area contributed by atoms with Gasteiger partial charge in [-0.25, -0.2) is 0 Å². The first-order valence-electron chi connectivity index (χ1n) is 13.0. The van der Waals surface area contributed by atoms with Gasteiger partial charge in [0.2, 0.25) is 0 Å². The zero-order chi connectivity index (χ0) is 26.9. The zero-order valence-corrected chi connectivity index (χ0v) is 23.1. The minimum atomic E-state index is -0.865. The van der Waals surface area contributed by atoms with Gasteiger partial charge in [0.05, 0.1) is 23.8 Å². The van der Waals surface area contributed by atoms with Crippen LogP contribution >= 0.6 is 12.4 Å². The lowest BCUT2D eigenvalue weighted by Gasteiger charge is -2.38. The van der Waals surface area contributed by atoms with Crippen molar-refractivity contribution in [3.05, 3.63) is 65.4 Å². The van der Waals surface area contributed by atoms with Crippen LogP contribution in [0.2, 0.25) is 0 Å². The van der Waals surface area contributed by atoms with E-state index in [1.54, 1.807) is 21.9 Å². The molecule has 2 amide bonds. The number of halogens is 1. The Hall–Kier alpha value is -3.40. The van der Waals surface area contributed by atoms with E-state index < -0.39 is 17.3 Å². The number of aliphatic hydroxyl groups is 1. The maximum atomic E-state index is 13.6. The van der Waals surface area contributed by atoms with Gasteiger partial charge in [0.1, 0.15) is 5.75 Å². The van der Waals surface area contributed by atoms with Crippen molar-refractivity contribution in [3.8, 4) is 5.75 Å². The third-order valence-corrected chi connectivity index (χ3v) is 7.82. The lowest BCUT2D eigenvalue weighted by Crippen LogP contribution is -2.49. The predicted molar refractivity (Wildman–Crippen MR) is 151 cm³/mol. The number of likely N-dealkylation sites (tertiary alicyclic amines) is 1. The van der Waals surface area contributed by atoms with Crippen LogP contribution in [-0.4, -0.2) is 101 Å². The van der Waals surface area contributed by atoms with E-state index in [0.29, 0.717) is 67.7 Å². The fourth-order valence-corrected chi connectivity index (χ4v) is 5.39. The molecule has 2 fully saturated rings. The highest BCUT2D eigenvalue weighted by Crippen LogP contribution is 2.32. The number of aromatic amines is 1. The summed E-state index contributed by atoms with van der Waals surface area (Å²) in [5, 5.41) is 11.7. The van der Waals surface area contributed by atoms with E-state index >= 15 is 0 Å². The molecule has 0 atom stereocenters. The number of ether oxygens (including phenoxy) is 1. The van der Waals surface area contributed by atoms with Gasteiger partial charge < -0.3 is 29.5 Å². The summed E-state index contributed by atoms with van der Waals surface area (Å²) >= 11 is 0. The first-order valence-corrected chi connectivity index (χ1v) is 13.0. The number of piperidine rings is 1. The molecule has 3 heterocycles. The Balaban J connectivity index is 0.00000353. The number of benzene rings is 2. The van der Waals surface area contributed by atoms with Crippen LogP contribution in [0.4, 0.5) is 0 Å². The molecule has 3 aromatic rings. The molecule has 39 heavy (non-hydrogen) atoms. The number of piperazine rings is 1. The summed E-state index contributed by atoms with van der Waals surface area (Å²) in [4.78, 5) is 48.2. The Bertz CT molecular complexity index is 1340. The fraction of sp³-hybridized carbons (Fsp3) is 0.414. The monoisotopic (exact) mass is 554 g/mol. The van der Waals surface area contributed by atoms with Crippen LogP contribution in [-0.2, 0) is 11.2 Å². The Kier molecular flexibility index (Phi) is 8.64. The van der Waals surface area contributed by atoms with Gasteiger partial charge in [-0.2, -0.15) is 0 Å². The van der Waals surface area contributed by atoms with Crippen molar-refractivity contribution in [1.82, 2.24) is 19.7 Å². The van der Waals surface area contributed by atoms with Crippen LogP contribution in [0.3, 0.4) is 0 Å². The summed E-state index contributed by atoms with van der Waals surface area (Å²) in [6.07, 6.45) is 3.00. The standard InChI is InChI=1S/C29H34N4O5.ClH/c1-31-12-14-33(15-13-31)28(36)26(34)23-19-30-24-17-25(38-2)22(16-21(23)24)27(35)32-10-8-29(37,9-11-32)18-20-6-4-3-5-7-20;/h3-7,16-17,19,30,37H,8-15,18H2,1-2H3;1H. The largest absolute Gasteiger partial charge is 0.496 e. The third kappa shape index (κ3) is 5.95. The first kappa shape index (κ1) is 28.6. The number of nitrogens with one attached hydrogen (secondary N) is 1. The van der Waals surface area contributed by atoms with E-state index in [1.165, 1.54) is 13.3 Å². The highest BCUT2D eigenvalue weighted by atomic mass is 35.5. The van der Waals surface area contributed by atoms with Crippen molar-refractivity contribution < 1.29 is 24.2 Å². The van der Waals surface area contributed by atoms with Crippen LogP contribution in [0.15, 0.2) is 48.7 Å². The summed E-state index contributed by atoms with van der Waals surface area (Å²) in [7, 11) is 3.49. The number of carbonyl (C=O) groups is 3. The van der Waals surface area contributed by atoms with Gasteiger partial charge in [-0.05, 0) is 31.5 Å². The molecule has 208 valence electrons. The van der Waals surface area contributed by atoms with Crippen LogP contribution < -0.4 is 4.74 Å². The molecule has 0 radical (unpaired) electrons. The average Bonchev–Trinajstić information content (AvgIpc) is 3.35. The Labute approximate surface area is 234 Å². The number of likely N-dealkylation sites (N-methyl/N-ethyl adjacent to an activating group) is 1. The molecule has 2 aromatic carbocycles. The maximum absolute atomic E-state index is 13.6. The minimum Gasteiger partial charge on any atom is -0.496 e. The zero-order valence-electron chi connectivity index (χ0n) is 22.3. The van der Waals surface area contributed by atoms with Crippen LogP contribution in [0.25, 0.3) is 10.9 Å². The SMILES string of the molecule is COc1cc2[nH]cc(C(=O)C(=O)N3CCN(C)CC3)c2cc1C(=O)N1CCC(O)(Cc2ccccc2)CC1.Cl. The molecule has 9 nitrogen and oxygen atoms in total. The van der Waals surface area contributed by atoms with E-state index in [2.05, 4.69) is 9.88 Å². The number of nitrogens with zero attached hydrogens (tertiary/aromatic N) is 3. The third-order valence-electron chi connectivity index (χ3n) is 7.82. The second-order valence-electron chi connectivity index (χ2n) is 10.4. The lowest BCUT2D eigenvalue weighted by molar-refractivity contribution is -0.127. The second kappa shape index (κ2) is 11.8. The number of rotatable bonds is 6. The molecule has 0 spiro atoms. The molecule has 1 aromatic heterocycles. The first-order chi connectivity index (χ1) is 18.3. The summed E-state index contributed by atoms with van der Waals surface area (Å²) in [6, 6.07) is 13.2. The minimum absolute atomic E-state index is 0. The molecule has 0 unspecified atom stereocenters. The molecule has 5 rings (SSSR count). The van der Waals surface area contributed by atoms with Gasteiger partial charge >= 0.3 is 0 Å². The van der Waals surface area contributed by atoms with Gasteiger partial charge in [0.15, 0.2) is 0 Å². The number of Topliss-reactive ketones (excluding diaryl/α,β-unsaturated/α-hetero) is 1. The smallest absolute Gasteiger partial charge is 0.295 e.